The predicted molar refractivity (Wildman–Crippen MR) is 89.1 cm³/mol. The van der Waals surface area contributed by atoms with Crippen molar-refractivity contribution in [2.75, 3.05) is 0 Å². The van der Waals surface area contributed by atoms with Gasteiger partial charge in [-0.3, -0.25) is 0 Å². The number of allylic oxidation sites excluding steroid dienone is 4. The summed E-state index contributed by atoms with van der Waals surface area (Å²) in [5, 5.41) is 9.29. The lowest BCUT2D eigenvalue weighted by atomic mass is 10.0. The molecule has 1 rings (SSSR count). The molecule has 0 radical (unpaired) electrons. The molecule has 0 bridgehead atoms. The Hall–Kier alpha value is -2.09. The zero-order chi connectivity index (χ0) is 15.7. The number of carboxylic acid groups (broad SMARTS) is 1. The maximum atomic E-state index is 11.3. The molecule has 21 heavy (non-hydrogen) atoms. The molecule has 2 nitrogen and oxygen atoms in total. The molecule has 1 N–H and O–H groups in total. The van der Waals surface area contributed by atoms with E-state index in [1.807, 2.05) is 36.4 Å². The van der Waals surface area contributed by atoms with Crippen LogP contribution in [0.1, 0.15) is 45.6 Å². The van der Waals surface area contributed by atoms with E-state index in [0.717, 1.165) is 18.4 Å². The zero-order valence-corrected chi connectivity index (χ0v) is 13.1. The molecular weight excluding hydrogens is 260 g/mol. The lowest BCUT2D eigenvalue weighted by Gasteiger charge is -2.02. The van der Waals surface area contributed by atoms with Crippen LogP contribution in [0.15, 0.2) is 59.2 Å². The minimum Gasteiger partial charge on any atom is -0.478 e. The van der Waals surface area contributed by atoms with Gasteiger partial charge in [-0.1, -0.05) is 53.6 Å². The molecule has 0 fully saturated rings. The second-order valence-electron chi connectivity index (χ2n) is 5.46. The fourth-order valence-corrected chi connectivity index (χ4v) is 1.93. The third-order valence-corrected chi connectivity index (χ3v) is 3.18. The SMILES string of the molecule is CC(C)=CCC/C(C)=C/CC(=Cc1ccccc1)C(=O)O. The first-order valence-corrected chi connectivity index (χ1v) is 7.27. The van der Waals surface area contributed by atoms with E-state index < -0.39 is 5.97 Å². The number of hydrogen-bond donors (Lipinski definition) is 1. The predicted octanol–water partition coefficient (Wildman–Crippen LogP) is 5.24. The van der Waals surface area contributed by atoms with Gasteiger partial charge in [0, 0.05) is 5.57 Å². The van der Waals surface area contributed by atoms with Gasteiger partial charge in [0.2, 0.25) is 0 Å². The van der Waals surface area contributed by atoms with Crippen LogP contribution in [0.4, 0.5) is 0 Å². The second kappa shape index (κ2) is 8.96. The Morgan fingerprint density at radius 1 is 1.10 bits per heavy atom. The standard InChI is InChI=1S/C19H24O2/c1-15(2)8-7-9-16(3)12-13-18(19(20)21)14-17-10-5-4-6-11-17/h4-6,8,10-12,14H,7,9,13H2,1-3H3,(H,20,21)/b16-12+,18-14?. The molecule has 0 aromatic heterocycles. The van der Waals surface area contributed by atoms with Crippen LogP contribution < -0.4 is 0 Å². The van der Waals surface area contributed by atoms with Gasteiger partial charge >= 0.3 is 5.97 Å². The zero-order valence-electron chi connectivity index (χ0n) is 13.1. The van der Waals surface area contributed by atoms with Crippen molar-refractivity contribution in [3.63, 3.8) is 0 Å². The number of rotatable bonds is 7. The largest absolute Gasteiger partial charge is 0.478 e. The summed E-state index contributed by atoms with van der Waals surface area (Å²) in [6.45, 7) is 6.23. The maximum absolute atomic E-state index is 11.3. The van der Waals surface area contributed by atoms with Gasteiger partial charge in [0.25, 0.3) is 0 Å². The van der Waals surface area contributed by atoms with Crippen LogP contribution >= 0.6 is 0 Å². The number of hydrogen-bond acceptors (Lipinski definition) is 1. The third kappa shape index (κ3) is 7.31. The van der Waals surface area contributed by atoms with Crippen molar-refractivity contribution in [3.8, 4) is 0 Å². The molecule has 0 saturated heterocycles. The Morgan fingerprint density at radius 2 is 1.76 bits per heavy atom. The van der Waals surface area contributed by atoms with Crippen molar-refractivity contribution in [1.82, 2.24) is 0 Å². The first-order valence-electron chi connectivity index (χ1n) is 7.27. The molecule has 0 aliphatic heterocycles. The van der Waals surface area contributed by atoms with Gasteiger partial charge in [-0.2, -0.15) is 0 Å². The van der Waals surface area contributed by atoms with Crippen LogP contribution in [-0.2, 0) is 4.79 Å². The van der Waals surface area contributed by atoms with Gasteiger partial charge in [0.1, 0.15) is 0 Å². The van der Waals surface area contributed by atoms with Crippen molar-refractivity contribution in [2.45, 2.75) is 40.0 Å². The minimum atomic E-state index is -0.854. The average Bonchev–Trinajstić information content (AvgIpc) is 2.43. The fourth-order valence-electron chi connectivity index (χ4n) is 1.93. The molecule has 1 aromatic rings. The van der Waals surface area contributed by atoms with Gasteiger partial charge in [-0.15, -0.1) is 0 Å². The normalized spacial score (nSPS) is 12.1. The van der Waals surface area contributed by atoms with Crippen molar-refractivity contribution in [1.29, 1.82) is 0 Å². The lowest BCUT2D eigenvalue weighted by Crippen LogP contribution is -1.99. The third-order valence-electron chi connectivity index (χ3n) is 3.18. The summed E-state index contributed by atoms with van der Waals surface area (Å²) in [4.78, 5) is 11.3. The monoisotopic (exact) mass is 284 g/mol. The Morgan fingerprint density at radius 3 is 2.33 bits per heavy atom. The second-order valence-corrected chi connectivity index (χ2v) is 5.46. The van der Waals surface area contributed by atoms with Crippen molar-refractivity contribution in [3.05, 3.63) is 64.8 Å². The molecule has 2 heteroatoms. The highest BCUT2D eigenvalue weighted by molar-refractivity contribution is 5.92. The molecule has 0 amide bonds. The summed E-state index contributed by atoms with van der Waals surface area (Å²) in [6.07, 6.45) is 8.41. The summed E-state index contributed by atoms with van der Waals surface area (Å²) in [7, 11) is 0. The summed E-state index contributed by atoms with van der Waals surface area (Å²) >= 11 is 0. The van der Waals surface area contributed by atoms with E-state index in [2.05, 4.69) is 26.8 Å². The molecule has 0 unspecified atom stereocenters. The number of aliphatic carboxylic acids is 1. The lowest BCUT2D eigenvalue weighted by molar-refractivity contribution is -0.132. The van der Waals surface area contributed by atoms with E-state index in [4.69, 9.17) is 0 Å². The van der Waals surface area contributed by atoms with Gasteiger partial charge in [-0.25, -0.2) is 4.79 Å². The molecule has 0 saturated carbocycles. The van der Waals surface area contributed by atoms with Gasteiger partial charge in [0.15, 0.2) is 0 Å². The summed E-state index contributed by atoms with van der Waals surface area (Å²) in [5.74, 6) is -0.854. The first kappa shape index (κ1) is 17.0. The van der Waals surface area contributed by atoms with Gasteiger partial charge in [-0.05, 0) is 51.7 Å². The van der Waals surface area contributed by atoms with Crippen LogP contribution in [0.5, 0.6) is 0 Å². The molecule has 0 aliphatic carbocycles. The van der Waals surface area contributed by atoms with Crippen LogP contribution in [0.2, 0.25) is 0 Å². The van der Waals surface area contributed by atoms with Crippen LogP contribution in [-0.4, -0.2) is 11.1 Å². The average molecular weight is 284 g/mol. The summed E-state index contributed by atoms with van der Waals surface area (Å²) in [6, 6.07) is 9.56. The highest BCUT2D eigenvalue weighted by atomic mass is 16.4. The van der Waals surface area contributed by atoms with Gasteiger partial charge in [0.05, 0.1) is 0 Å². The molecular formula is C19H24O2. The van der Waals surface area contributed by atoms with Gasteiger partial charge < -0.3 is 5.11 Å². The Balaban J connectivity index is 2.69. The number of benzene rings is 1. The van der Waals surface area contributed by atoms with Crippen LogP contribution in [0.25, 0.3) is 6.08 Å². The van der Waals surface area contributed by atoms with Crippen molar-refractivity contribution >= 4 is 12.0 Å². The summed E-state index contributed by atoms with van der Waals surface area (Å²) in [5.41, 5.74) is 3.89. The number of carbonyl (C=O) groups is 1. The fraction of sp³-hybridized carbons (Fsp3) is 0.316. The van der Waals surface area contributed by atoms with Crippen LogP contribution in [0.3, 0.4) is 0 Å². The van der Waals surface area contributed by atoms with Crippen molar-refractivity contribution in [2.24, 2.45) is 0 Å². The highest BCUT2D eigenvalue weighted by Gasteiger charge is 2.05. The molecule has 1 aromatic carbocycles. The van der Waals surface area contributed by atoms with E-state index in [0.29, 0.717) is 12.0 Å². The highest BCUT2D eigenvalue weighted by Crippen LogP contribution is 2.14. The Kier molecular flexibility index (Phi) is 7.24. The number of carboxylic acids is 1. The maximum Gasteiger partial charge on any atom is 0.331 e. The smallest absolute Gasteiger partial charge is 0.331 e. The van der Waals surface area contributed by atoms with E-state index in [9.17, 15) is 9.90 Å². The summed E-state index contributed by atoms with van der Waals surface area (Å²) < 4.78 is 0. The molecule has 112 valence electrons. The van der Waals surface area contributed by atoms with E-state index in [1.165, 1.54) is 11.1 Å². The quantitative estimate of drug-likeness (QED) is 0.549. The van der Waals surface area contributed by atoms with E-state index in [1.54, 1.807) is 6.08 Å². The van der Waals surface area contributed by atoms with Crippen LogP contribution in [0, 0.1) is 0 Å². The van der Waals surface area contributed by atoms with E-state index in [-0.39, 0.29) is 0 Å². The molecule has 0 atom stereocenters. The van der Waals surface area contributed by atoms with E-state index >= 15 is 0 Å². The minimum absolute atomic E-state index is 0.419. The molecule has 0 aliphatic rings. The Bertz CT molecular complexity index is 544. The molecule has 0 spiro atoms. The Labute approximate surface area is 127 Å². The molecule has 0 heterocycles. The first-order chi connectivity index (χ1) is 9.99. The van der Waals surface area contributed by atoms with Crippen molar-refractivity contribution < 1.29 is 9.90 Å². The topological polar surface area (TPSA) is 37.3 Å².